The van der Waals surface area contributed by atoms with E-state index in [9.17, 15) is 9.18 Å². The molecule has 5 nitrogen and oxygen atoms in total. The zero-order valence-electron chi connectivity index (χ0n) is 12.8. The molecular weight excluding hydrogens is 329 g/mol. The van der Waals surface area contributed by atoms with E-state index in [-0.39, 0.29) is 5.91 Å². The van der Waals surface area contributed by atoms with Crippen LogP contribution in [0.4, 0.5) is 4.39 Å². The lowest BCUT2D eigenvalue weighted by Gasteiger charge is -2.12. The number of rotatable bonds is 5. The quantitative estimate of drug-likeness (QED) is 0.659. The van der Waals surface area contributed by atoms with Gasteiger partial charge in [0.2, 0.25) is 5.91 Å². The van der Waals surface area contributed by atoms with Crippen molar-refractivity contribution in [2.45, 2.75) is 12.6 Å². The van der Waals surface area contributed by atoms with Gasteiger partial charge in [0.1, 0.15) is 18.5 Å². The number of alkyl halides is 1. The van der Waals surface area contributed by atoms with E-state index in [1.807, 2.05) is 30.3 Å². The number of nitrogens with one attached hydrogen (secondary N) is 1. The summed E-state index contributed by atoms with van der Waals surface area (Å²) in [6, 6.07) is 7.45. The predicted molar refractivity (Wildman–Crippen MR) is 94.3 cm³/mol. The van der Waals surface area contributed by atoms with Crippen molar-refractivity contribution in [2.24, 2.45) is 10.2 Å². The molecule has 1 saturated heterocycles. The number of nitrogens with zero attached hydrogens (tertiary/aromatic N) is 2. The molecule has 0 saturated carbocycles. The molecule has 0 aromatic heterocycles. The largest absolute Gasteiger partial charge is 0.488 e. The molecule has 1 aliphatic heterocycles. The minimum atomic E-state index is -0.902. The summed E-state index contributed by atoms with van der Waals surface area (Å²) in [5, 5.41) is 11.1. The Kier molecular flexibility index (Phi) is 5.43. The van der Waals surface area contributed by atoms with Crippen LogP contribution < -0.4 is 10.1 Å². The van der Waals surface area contributed by atoms with Gasteiger partial charge >= 0.3 is 0 Å². The average Bonchev–Trinajstić information content (AvgIpc) is 3.01. The van der Waals surface area contributed by atoms with Crippen LogP contribution in [0.25, 0.3) is 0 Å². The Balaban J connectivity index is 1.63. The molecule has 0 radical (unpaired) electrons. The predicted octanol–water partition coefficient (Wildman–Crippen LogP) is 2.84. The molecule has 24 heavy (non-hydrogen) atoms. The van der Waals surface area contributed by atoms with Gasteiger partial charge in [0.15, 0.2) is 5.17 Å². The van der Waals surface area contributed by atoms with Crippen LogP contribution in [0, 0.1) is 0 Å². The minimum absolute atomic E-state index is 0.0676. The fourth-order valence-corrected chi connectivity index (χ4v) is 2.78. The van der Waals surface area contributed by atoms with Crippen LogP contribution in [0.15, 0.2) is 58.3 Å². The topological polar surface area (TPSA) is 63.0 Å². The Morgan fingerprint density at radius 3 is 3.04 bits per heavy atom. The number of ether oxygens (including phenoxy) is 1. The molecule has 1 aromatic rings. The van der Waals surface area contributed by atoms with Crippen LogP contribution in [-0.2, 0) is 4.79 Å². The second-order valence-corrected chi connectivity index (χ2v) is 6.17. The van der Waals surface area contributed by atoms with Crippen molar-refractivity contribution in [1.82, 2.24) is 5.32 Å². The van der Waals surface area contributed by atoms with Crippen molar-refractivity contribution in [3.8, 4) is 5.75 Å². The van der Waals surface area contributed by atoms with E-state index in [2.05, 4.69) is 15.5 Å². The fourth-order valence-electron chi connectivity index (χ4n) is 2.15. The molecule has 3 rings (SSSR count). The summed E-state index contributed by atoms with van der Waals surface area (Å²) in [5.41, 5.74) is 1.72. The number of hydrogen-bond donors (Lipinski definition) is 1. The highest BCUT2D eigenvalue weighted by molar-refractivity contribution is 8.15. The molecule has 2 aliphatic rings. The first-order chi connectivity index (χ1) is 11.7. The lowest BCUT2D eigenvalue weighted by molar-refractivity contribution is -0.116. The van der Waals surface area contributed by atoms with Crippen LogP contribution in [0.3, 0.4) is 0 Å². The van der Waals surface area contributed by atoms with Crippen LogP contribution in [0.5, 0.6) is 5.75 Å². The number of carbonyl (C=O) groups is 1. The summed E-state index contributed by atoms with van der Waals surface area (Å²) in [7, 11) is 0. The van der Waals surface area contributed by atoms with E-state index in [0.29, 0.717) is 29.7 Å². The monoisotopic (exact) mass is 345 g/mol. The van der Waals surface area contributed by atoms with Crippen molar-refractivity contribution >= 4 is 29.1 Å². The Morgan fingerprint density at radius 1 is 1.42 bits per heavy atom. The molecule has 1 heterocycles. The van der Waals surface area contributed by atoms with Gasteiger partial charge in [-0.2, -0.15) is 5.10 Å². The van der Waals surface area contributed by atoms with Gasteiger partial charge in [-0.15, -0.1) is 5.10 Å². The number of hydrogen-bond acceptors (Lipinski definition) is 5. The van der Waals surface area contributed by atoms with E-state index < -0.39 is 6.17 Å². The summed E-state index contributed by atoms with van der Waals surface area (Å²) in [6.07, 6.45) is 6.19. The van der Waals surface area contributed by atoms with Crippen molar-refractivity contribution in [3.05, 3.63) is 53.6 Å². The maximum atomic E-state index is 13.0. The third-order valence-electron chi connectivity index (χ3n) is 3.37. The molecule has 1 aliphatic carbocycles. The molecule has 1 atom stereocenters. The molecule has 1 amide bonds. The second-order valence-electron chi connectivity index (χ2n) is 5.20. The van der Waals surface area contributed by atoms with E-state index in [1.54, 1.807) is 12.3 Å². The maximum absolute atomic E-state index is 13.0. The molecule has 0 bridgehead atoms. The maximum Gasteiger partial charge on any atom is 0.236 e. The number of thioether (sulfide) groups is 1. The third kappa shape index (κ3) is 4.55. The van der Waals surface area contributed by atoms with Crippen molar-refractivity contribution in [1.29, 1.82) is 0 Å². The number of benzene rings is 1. The van der Waals surface area contributed by atoms with E-state index >= 15 is 0 Å². The molecule has 1 fully saturated rings. The van der Waals surface area contributed by atoms with Crippen LogP contribution in [0.1, 0.15) is 12.0 Å². The van der Waals surface area contributed by atoms with Crippen molar-refractivity contribution < 1.29 is 13.9 Å². The SMILES string of the molecule is O=C1CS/C(=N/N=C/c2ccccc2OCC2=CCC(F)C=C2)N1. The molecule has 124 valence electrons. The van der Waals surface area contributed by atoms with E-state index in [4.69, 9.17) is 4.74 Å². The Morgan fingerprint density at radius 2 is 2.29 bits per heavy atom. The number of amides is 1. The van der Waals surface area contributed by atoms with Crippen LogP contribution >= 0.6 is 11.8 Å². The number of allylic oxidation sites excluding steroid dienone is 2. The van der Waals surface area contributed by atoms with Gasteiger partial charge < -0.3 is 10.1 Å². The average molecular weight is 345 g/mol. The normalized spacial score (nSPS) is 22.0. The highest BCUT2D eigenvalue weighted by atomic mass is 32.2. The zero-order chi connectivity index (χ0) is 16.8. The molecule has 7 heteroatoms. The highest BCUT2D eigenvalue weighted by Crippen LogP contribution is 2.19. The highest BCUT2D eigenvalue weighted by Gasteiger charge is 2.16. The van der Waals surface area contributed by atoms with Gasteiger partial charge in [0, 0.05) is 12.0 Å². The van der Waals surface area contributed by atoms with Gasteiger partial charge in [-0.25, -0.2) is 4.39 Å². The Bertz CT molecular complexity index is 743. The first kappa shape index (κ1) is 16.4. The minimum Gasteiger partial charge on any atom is -0.488 e. The summed E-state index contributed by atoms with van der Waals surface area (Å²) in [5.74, 6) is 0.972. The fraction of sp³-hybridized carbons (Fsp3) is 0.235. The van der Waals surface area contributed by atoms with E-state index in [0.717, 1.165) is 11.1 Å². The smallest absolute Gasteiger partial charge is 0.236 e. The third-order valence-corrected chi connectivity index (χ3v) is 4.23. The van der Waals surface area contributed by atoms with E-state index in [1.165, 1.54) is 17.8 Å². The number of amidine groups is 1. The van der Waals surface area contributed by atoms with Gasteiger partial charge in [-0.3, -0.25) is 4.79 Å². The molecule has 1 N–H and O–H groups in total. The Hall–Kier alpha value is -2.41. The van der Waals surface area contributed by atoms with Crippen LogP contribution in [-0.4, -0.2) is 35.8 Å². The standard InChI is InChI=1S/C17H16FN3O2S/c18-14-7-5-12(6-8-14)10-23-15-4-2-1-3-13(15)9-19-21-17-20-16(22)11-24-17/h1-7,9,14H,8,10-11H2,(H,20,21,22)/b19-9+. The second kappa shape index (κ2) is 7.92. The number of carbonyl (C=O) groups excluding carboxylic acids is 1. The van der Waals surface area contributed by atoms with Gasteiger partial charge in [-0.1, -0.05) is 42.1 Å². The van der Waals surface area contributed by atoms with Crippen molar-refractivity contribution in [2.75, 3.05) is 12.4 Å². The molecule has 1 unspecified atom stereocenters. The first-order valence-electron chi connectivity index (χ1n) is 7.47. The van der Waals surface area contributed by atoms with Gasteiger partial charge in [-0.05, 0) is 17.7 Å². The Labute approximate surface area is 143 Å². The zero-order valence-corrected chi connectivity index (χ0v) is 13.6. The summed E-state index contributed by atoms with van der Waals surface area (Å²) in [6.45, 7) is 0.370. The van der Waals surface area contributed by atoms with Gasteiger partial charge in [0.05, 0.1) is 12.0 Å². The lowest BCUT2D eigenvalue weighted by Crippen LogP contribution is -2.19. The lowest BCUT2D eigenvalue weighted by atomic mass is 10.1. The van der Waals surface area contributed by atoms with Gasteiger partial charge in [0.25, 0.3) is 0 Å². The van der Waals surface area contributed by atoms with Crippen molar-refractivity contribution in [3.63, 3.8) is 0 Å². The molecule has 0 spiro atoms. The summed E-state index contributed by atoms with van der Waals surface area (Å²) in [4.78, 5) is 11.1. The first-order valence-corrected chi connectivity index (χ1v) is 8.46. The summed E-state index contributed by atoms with van der Waals surface area (Å²) >= 11 is 1.32. The molecular formula is C17H16FN3O2S. The molecule has 1 aromatic carbocycles. The summed E-state index contributed by atoms with van der Waals surface area (Å²) < 4.78 is 18.8. The van der Waals surface area contributed by atoms with Crippen LogP contribution in [0.2, 0.25) is 0 Å². The number of para-hydroxylation sites is 1. The number of halogens is 1.